The number of rotatable bonds is 17. The Morgan fingerprint density at radius 3 is 0.862 bits per heavy atom. The van der Waals surface area contributed by atoms with Crippen molar-refractivity contribution >= 4 is 17.7 Å². The van der Waals surface area contributed by atoms with Crippen LogP contribution in [0.5, 0.6) is 0 Å². The number of carbonyl (C=O) groups is 3. The number of fused-ring (bicyclic) bond motifs is 4. The molecule has 39 heteroatoms. The smallest absolute Gasteiger partial charge is 0.374 e. The molecule has 1 N–H and O–H groups in total. The number of ketones is 1. The molecule has 17 rings (SSSR count). The summed E-state index contributed by atoms with van der Waals surface area (Å²) in [6.07, 6.45) is -37.2. The van der Waals surface area contributed by atoms with Crippen molar-refractivity contribution in [3.8, 4) is 0 Å². The van der Waals surface area contributed by atoms with Gasteiger partial charge in [-0.1, -0.05) is 66.7 Å². The quantitative estimate of drug-likeness (QED) is 0.0891. The number of hydrogen-bond acceptors (Lipinski definition) is 9. The Hall–Kier alpha value is -10.4. The van der Waals surface area contributed by atoms with Crippen molar-refractivity contribution < 1.29 is 152 Å². The fraction of sp³-hybridized carbons (Fsp3) is 0.500. The lowest BCUT2D eigenvalue weighted by molar-refractivity contribution is -0.145. The maximum atomic E-state index is 13.7. The molecule has 8 fully saturated rings. The van der Waals surface area contributed by atoms with Gasteiger partial charge in [-0.15, -0.1) is 0 Å². The number of urea groups is 1. The van der Waals surface area contributed by atoms with Gasteiger partial charge in [-0.3, -0.25) is 9.59 Å². The van der Waals surface area contributed by atoms with Crippen molar-refractivity contribution in [3.05, 3.63) is 294 Å². The van der Waals surface area contributed by atoms with Crippen molar-refractivity contribution in [2.24, 2.45) is 47.3 Å². The Morgan fingerprint density at radius 2 is 0.586 bits per heavy atom. The number of hydrogen-bond donors (Lipinski definition) is 1. The Labute approximate surface area is 819 Å². The molecule has 8 aromatic rings. The Kier molecular flexibility index (Phi) is 33.3. The van der Waals surface area contributed by atoms with Crippen LogP contribution < -0.4 is 5.32 Å². The SMILES string of the molecule is CC(=O)N1C[C@H]2CC[C@H](O[C@H](C)c3cc(C(F)(F)F)cc(C(F)(F)F)c3)[C@@H](c3ccc(F)cc3)[C@@H]2C1.CNC(=O)N1C[C@@H]2CC[C@H](O[C@H](C)c3cc(C(F)(F)F)cc(C(F)(F)F)c3)[C@@H](c3ccc(F)cc3)[C@@H]2C1.C[C@@H](O[C@H]1CC[C@@H]2CN(C)C[C@H]2[C@@H]1c1ccc(F)cc1)c1cc(C(F)(F)F)cc(C(F)(F)F)c1.C[C@@H](O[C@H]1CC[C@@H]2CN(C3=CC(=O)CC3)C[C@H]2[C@@H]1c1ccccc1)c1cc(C(F)(F)F)cc(C(F)(F)F)c1. The first kappa shape index (κ1) is 110. The molecular formula is C106H108F27N5O7. The van der Waals surface area contributed by atoms with Gasteiger partial charge in [0.1, 0.15) is 17.5 Å². The molecule has 4 aliphatic heterocycles. The molecule has 0 radical (unpaired) electrons. The van der Waals surface area contributed by atoms with E-state index in [0.717, 1.165) is 97.7 Å². The molecule has 4 heterocycles. The normalized spacial score (nSPS) is 26.1. The number of amides is 3. The predicted molar refractivity (Wildman–Crippen MR) is 480 cm³/mol. The van der Waals surface area contributed by atoms with Gasteiger partial charge in [-0.05, 0) is 294 Å². The molecule has 5 aliphatic carbocycles. The van der Waals surface area contributed by atoms with Crippen LogP contribution >= 0.6 is 0 Å². The van der Waals surface area contributed by atoms with Gasteiger partial charge in [-0.2, -0.15) is 105 Å². The minimum absolute atomic E-state index is 0.0300. The lowest BCUT2D eigenvalue weighted by Gasteiger charge is -2.41. The third-order valence-corrected chi connectivity index (χ3v) is 30.0. The molecule has 145 heavy (non-hydrogen) atoms. The third-order valence-electron chi connectivity index (χ3n) is 30.0. The summed E-state index contributed by atoms with van der Waals surface area (Å²) < 4.78 is 387. The van der Waals surface area contributed by atoms with Gasteiger partial charge >= 0.3 is 55.4 Å². The predicted octanol–water partition coefficient (Wildman–Crippen LogP) is 28.4. The van der Waals surface area contributed by atoms with E-state index in [1.165, 1.54) is 78.1 Å². The van der Waals surface area contributed by atoms with E-state index in [1.54, 1.807) is 52.3 Å². The van der Waals surface area contributed by atoms with E-state index < -0.39 is 148 Å². The number of nitrogens with zero attached hydrogens (tertiary/aromatic N) is 4. The number of ether oxygens (including phenoxy) is 4. The van der Waals surface area contributed by atoms with Crippen LogP contribution in [0.2, 0.25) is 0 Å². The summed E-state index contributed by atoms with van der Waals surface area (Å²) in [6, 6.07) is 33.4. The number of nitrogens with one attached hydrogen (secondary N) is 1. The summed E-state index contributed by atoms with van der Waals surface area (Å²) in [5, 5.41) is 2.60. The lowest BCUT2D eigenvalue weighted by atomic mass is 9.69. The topological polar surface area (TPSA) is 113 Å². The number of benzene rings is 8. The molecule has 0 aromatic heterocycles. The summed E-state index contributed by atoms with van der Waals surface area (Å²) in [5.41, 5.74) is -7.32. The zero-order chi connectivity index (χ0) is 106. The van der Waals surface area contributed by atoms with E-state index in [-0.39, 0.29) is 135 Å². The van der Waals surface area contributed by atoms with Crippen molar-refractivity contribution in [2.75, 3.05) is 66.5 Å². The molecule has 4 saturated heterocycles. The first-order valence-corrected chi connectivity index (χ1v) is 47.7. The highest BCUT2D eigenvalue weighted by molar-refractivity contribution is 5.92. The second kappa shape index (κ2) is 43.8. The van der Waals surface area contributed by atoms with Gasteiger partial charge < -0.3 is 43.9 Å². The average molecular weight is 2080 g/mol. The first-order valence-electron chi connectivity index (χ1n) is 47.7. The van der Waals surface area contributed by atoms with Crippen molar-refractivity contribution in [2.45, 2.75) is 221 Å². The fourth-order valence-electron chi connectivity index (χ4n) is 23.0. The molecule has 0 bridgehead atoms. The van der Waals surface area contributed by atoms with Crippen molar-refractivity contribution in [1.82, 2.24) is 24.9 Å². The van der Waals surface area contributed by atoms with Crippen LogP contribution in [0.25, 0.3) is 0 Å². The number of carbonyl (C=O) groups excluding carboxylic acids is 3. The maximum Gasteiger partial charge on any atom is 0.416 e. The largest absolute Gasteiger partial charge is 0.416 e. The van der Waals surface area contributed by atoms with Crippen LogP contribution in [-0.2, 0) is 77.9 Å². The van der Waals surface area contributed by atoms with Crippen LogP contribution in [0.1, 0.15) is 236 Å². The standard InChI is InChI=1S/C29H29F6NO2.C26H27F7N2O2.C26H26F7NO2.C25H26F7NO/c1-17(20-11-21(28(30,31)32)13-22(12-20)29(33,34)35)38-26-10-7-19-15-36(23-8-9-24(37)14-23)16-25(19)27(26)18-5-3-2-4-6-18;1-14(17-9-18(25(28,29)30)11-19(10-17)26(31,32)33)37-22-8-5-16-12-35(24(36)34-2)13-21(16)23(22)15-3-6-20(27)7-4-15;1-14(18-9-19(25(28,29)30)11-20(10-18)26(31,32)33)36-23-8-5-17-12-34(15(2)35)13-22(17)24(23)16-3-6-21(27)7-4-16;1-14(17-9-18(24(27,28)29)11-19(10-17)25(30,31)32)34-22-8-5-16-12-33(2)13-21(16)23(22)15-3-6-20(26)7-4-15/h2-6,11-14,17,19,25-27H,7-10,15-16H2,1H3;3-4,6-7,9-11,14,16,21-23H,5,8,12-13H2,1-2H3,(H,34,36);3-4,6-7,9-11,14,17,22-24H,5,8,12-13H2,1-2H3;3-4,6-7,9-11,14,16,21-23H,5,8,12-13H2,1-2H3/t17-,19-,25-,26+,27+;14-,16+,21-,22+,23+;14-,17-,22-,23+,24+;14-,16-,21-,22+,23+/m1111/s1. The Bertz CT molecular complexity index is 5700. The van der Waals surface area contributed by atoms with Crippen LogP contribution in [0, 0.1) is 64.8 Å². The number of allylic oxidation sites excluding steroid dienone is 2. The van der Waals surface area contributed by atoms with Gasteiger partial charge in [0.05, 0.1) is 93.3 Å². The Balaban J connectivity index is 0.000000153. The van der Waals surface area contributed by atoms with Crippen LogP contribution in [0.15, 0.2) is 188 Å². The first-order chi connectivity index (χ1) is 67.7. The zero-order valence-corrected chi connectivity index (χ0v) is 79.4. The summed E-state index contributed by atoms with van der Waals surface area (Å²) in [7, 11) is 3.54. The molecule has 8 aromatic carbocycles. The van der Waals surface area contributed by atoms with Crippen LogP contribution in [0.3, 0.4) is 0 Å². The molecule has 0 spiro atoms. The van der Waals surface area contributed by atoms with Crippen LogP contribution in [-0.4, -0.2) is 128 Å². The monoisotopic (exact) mass is 2080 g/mol. The minimum Gasteiger partial charge on any atom is -0.374 e. The Morgan fingerprint density at radius 1 is 0.324 bits per heavy atom. The highest BCUT2D eigenvalue weighted by atomic mass is 19.4. The van der Waals surface area contributed by atoms with Gasteiger partial charge in [0, 0.05) is 108 Å². The van der Waals surface area contributed by atoms with Crippen molar-refractivity contribution in [3.63, 3.8) is 0 Å². The van der Waals surface area contributed by atoms with E-state index in [0.29, 0.717) is 107 Å². The minimum atomic E-state index is -4.96. The second-order valence-corrected chi connectivity index (χ2v) is 39.4. The highest BCUT2D eigenvalue weighted by Crippen LogP contribution is 2.56. The van der Waals surface area contributed by atoms with E-state index >= 15 is 0 Å². The van der Waals surface area contributed by atoms with Gasteiger partial charge in [0.15, 0.2) is 5.78 Å². The summed E-state index contributed by atoms with van der Waals surface area (Å²) in [5.74, 6) is -0.688. The molecule has 20 atom stereocenters. The lowest BCUT2D eigenvalue weighted by Crippen LogP contribution is -2.39. The van der Waals surface area contributed by atoms with Gasteiger partial charge in [-0.25, -0.2) is 18.0 Å². The molecule has 3 amide bonds. The van der Waals surface area contributed by atoms with Gasteiger partial charge in [0.2, 0.25) is 5.91 Å². The van der Waals surface area contributed by atoms with E-state index in [1.807, 2.05) is 37.4 Å². The summed E-state index contributed by atoms with van der Waals surface area (Å²) >= 11 is 0. The van der Waals surface area contributed by atoms with E-state index in [9.17, 15) is 133 Å². The zero-order valence-electron chi connectivity index (χ0n) is 79.4. The van der Waals surface area contributed by atoms with E-state index in [2.05, 4.69) is 15.1 Å². The molecule has 0 unspecified atom stereocenters. The van der Waals surface area contributed by atoms with Gasteiger partial charge in [0.25, 0.3) is 0 Å². The molecule has 788 valence electrons. The van der Waals surface area contributed by atoms with E-state index in [4.69, 9.17) is 18.9 Å². The maximum absolute atomic E-state index is 13.7. The summed E-state index contributed by atoms with van der Waals surface area (Å²) in [4.78, 5) is 44.0. The molecular weight excluding hydrogens is 1970 g/mol. The molecule has 9 aliphatic rings. The number of alkyl halides is 24. The van der Waals surface area contributed by atoms with Crippen LogP contribution in [0.4, 0.5) is 123 Å². The molecule has 12 nitrogen and oxygen atoms in total. The molecule has 4 saturated carbocycles. The third kappa shape index (κ3) is 26.7. The highest BCUT2D eigenvalue weighted by Gasteiger charge is 2.54. The second-order valence-electron chi connectivity index (χ2n) is 39.4. The fourth-order valence-corrected chi connectivity index (χ4v) is 23.0. The summed E-state index contributed by atoms with van der Waals surface area (Å²) in [6.45, 7) is 12.5. The number of likely N-dealkylation sites (tertiary alicyclic amines) is 4. The van der Waals surface area contributed by atoms with Crippen molar-refractivity contribution in [1.29, 1.82) is 0 Å². The number of halogens is 27. The average Bonchev–Trinajstić information content (AvgIpc) is 1.74.